The Morgan fingerprint density at radius 3 is 1.67 bits per heavy atom. The van der Waals surface area contributed by atoms with Crippen LogP contribution in [0.25, 0.3) is 0 Å². The van der Waals surface area contributed by atoms with Gasteiger partial charge in [0.05, 0.1) is 50.8 Å². The van der Waals surface area contributed by atoms with E-state index in [4.69, 9.17) is 5.73 Å². The molecule has 7 amide bonds. The Kier molecular flexibility index (Phi) is 19.1. The van der Waals surface area contributed by atoms with Gasteiger partial charge in [-0.25, -0.2) is 9.78 Å². The SMILES string of the molecule is C[C@H](N)C(=O)N[C@@H](CO)C(=O)NCC(=O)N[C@H](C(=O)N[C@@H](CC(=O)O)C(=O)N[C@@H](CO)C(=O)N[C@@H](Cc1cnc[nH]1)C(=O)N[C@H](C(=O)O)[C@@H](C)O)[C@@H](C)O. The van der Waals surface area contributed by atoms with Gasteiger partial charge in [-0.2, -0.15) is 0 Å². The van der Waals surface area contributed by atoms with Crippen molar-refractivity contribution in [3.63, 3.8) is 0 Å². The number of carboxylic acids is 2. The van der Waals surface area contributed by atoms with Gasteiger partial charge in [-0.3, -0.25) is 38.4 Å². The summed E-state index contributed by atoms with van der Waals surface area (Å²) in [6, 6.07) is -11.7. The number of hydrogen-bond acceptors (Lipinski definition) is 15. The Hall–Kier alpha value is -5.76. The molecule has 1 aromatic rings. The van der Waals surface area contributed by atoms with E-state index in [1.54, 1.807) is 0 Å². The highest BCUT2D eigenvalue weighted by atomic mass is 16.4. The van der Waals surface area contributed by atoms with Gasteiger partial charge in [0.2, 0.25) is 41.4 Å². The summed E-state index contributed by atoms with van der Waals surface area (Å²) in [4.78, 5) is 118. The van der Waals surface area contributed by atoms with E-state index in [-0.39, 0.29) is 12.1 Å². The molecular weight excluding hydrogens is 728 g/mol. The Labute approximate surface area is 306 Å². The number of carbonyl (C=O) groups excluding carboxylic acids is 7. The van der Waals surface area contributed by atoms with Crippen LogP contribution < -0.4 is 43.0 Å². The van der Waals surface area contributed by atoms with Crippen molar-refractivity contribution in [3.8, 4) is 0 Å². The molecule has 0 saturated heterocycles. The molecule has 0 bridgehead atoms. The van der Waals surface area contributed by atoms with Gasteiger partial charge in [0, 0.05) is 18.3 Å². The molecule has 0 aliphatic heterocycles. The fourth-order valence-corrected chi connectivity index (χ4v) is 4.27. The van der Waals surface area contributed by atoms with Crippen LogP contribution in [0.15, 0.2) is 12.5 Å². The van der Waals surface area contributed by atoms with Crippen LogP contribution in [0.2, 0.25) is 0 Å². The van der Waals surface area contributed by atoms with Gasteiger partial charge in [0.15, 0.2) is 6.04 Å². The minimum atomic E-state index is -2.00. The number of nitrogens with zero attached hydrogens (tertiary/aromatic N) is 1. The van der Waals surface area contributed by atoms with E-state index in [1.165, 1.54) is 19.4 Å². The molecule has 0 fully saturated rings. The number of carbonyl (C=O) groups is 9. The van der Waals surface area contributed by atoms with Gasteiger partial charge < -0.3 is 78.6 Å². The lowest BCUT2D eigenvalue weighted by molar-refractivity contribution is -0.145. The summed E-state index contributed by atoms with van der Waals surface area (Å²) in [6.07, 6.45) is -2.17. The van der Waals surface area contributed by atoms with E-state index < -0.39 is 134 Å². The third-order valence-corrected chi connectivity index (χ3v) is 7.22. The Morgan fingerprint density at radius 2 is 1.19 bits per heavy atom. The summed E-state index contributed by atoms with van der Waals surface area (Å²) in [5, 5.41) is 72.5. The number of carboxylic acid groups (broad SMARTS) is 2. The fourth-order valence-electron chi connectivity index (χ4n) is 4.27. The van der Waals surface area contributed by atoms with Crippen LogP contribution in [0, 0.1) is 0 Å². The fraction of sp³-hybridized carbons (Fsp3) is 0.586. The second kappa shape index (κ2) is 22.3. The van der Waals surface area contributed by atoms with Gasteiger partial charge >= 0.3 is 11.9 Å². The zero-order valence-corrected chi connectivity index (χ0v) is 29.3. The number of amides is 7. The zero-order valence-electron chi connectivity index (χ0n) is 29.3. The number of H-pyrrole nitrogens is 1. The van der Waals surface area contributed by atoms with Gasteiger partial charge in [-0.15, -0.1) is 0 Å². The molecule has 16 N–H and O–H groups in total. The largest absolute Gasteiger partial charge is 0.481 e. The molecule has 1 rings (SSSR count). The maximum absolute atomic E-state index is 13.1. The second-order valence-electron chi connectivity index (χ2n) is 11.8. The smallest absolute Gasteiger partial charge is 0.328 e. The maximum atomic E-state index is 13.1. The minimum absolute atomic E-state index is 0.273. The van der Waals surface area contributed by atoms with Gasteiger partial charge in [0.1, 0.15) is 30.2 Å². The number of aromatic nitrogens is 2. The molecule has 25 heteroatoms. The summed E-state index contributed by atoms with van der Waals surface area (Å²) >= 11 is 0. The highest BCUT2D eigenvalue weighted by molar-refractivity contribution is 5.98. The number of aliphatic hydroxyl groups is 4. The number of rotatable bonds is 23. The number of imidazole rings is 1. The number of aromatic amines is 1. The molecule has 1 heterocycles. The molecular formula is C29H46N10O15. The van der Waals surface area contributed by atoms with Crippen molar-refractivity contribution in [2.45, 2.75) is 88.1 Å². The van der Waals surface area contributed by atoms with Crippen molar-refractivity contribution in [2.75, 3.05) is 19.8 Å². The number of nitrogens with one attached hydrogen (secondary N) is 8. The predicted molar refractivity (Wildman–Crippen MR) is 178 cm³/mol. The first-order chi connectivity index (χ1) is 25.2. The molecule has 302 valence electrons. The van der Waals surface area contributed by atoms with Crippen molar-refractivity contribution in [2.24, 2.45) is 5.73 Å². The predicted octanol–water partition coefficient (Wildman–Crippen LogP) is -8.37. The highest BCUT2D eigenvalue weighted by Gasteiger charge is 2.35. The number of nitrogens with two attached hydrogens (primary N) is 1. The standard InChI is InChI=1S/C29H46N10O15/c1-11(30)23(47)36-17(8-40)24(48)32-7-19(44)38-21(12(2)42)28(52)35-16(5-20(45)46)25(49)37-18(9-41)27(51)34-15(4-14-6-31-10-33-14)26(50)39-22(13(3)43)29(53)54/h6,10-13,15-18,21-22,40-43H,4-5,7-9,30H2,1-3H3,(H,31,33)(H,32,48)(H,34,51)(H,35,52)(H,36,47)(H,37,49)(H,38,44)(H,39,50)(H,45,46)(H,53,54)/t11-,12+,13+,15-,16-,17-,18-,21-,22-/m0/s1. The molecule has 0 aliphatic carbocycles. The van der Waals surface area contributed by atoms with Crippen LogP contribution >= 0.6 is 0 Å². The van der Waals surface area contributed by atoms with Crippen molar-refractivity contribution in [1.82, 2.24) is 47.2 Å². The van der Waals surface area contributed by atoms with Gasteiger partial charge in [-0.05, 0) is 20.8 Å². The summed E-state index contributed by atoms with van der Waals surface area (Å²) in [5.74, 6) is -11.1. The number of hydrogen-bond donors (Lipinski definition) is 15. The monoisotopic (exact) mass is 774 g/mol. The quantitative estimate of drug-likeness (QED) is 0.0491. The third-order valence-electron chi connectivity index (χ3n) is 7.22. The number of aliphatic carboxylic acids is 2. The van der Waals surface area contributed by atoms with Crippen LogP contribution in [0.4, 0.5) is 0 Å². The normalized spacial score (nSPS) is 15.9. The topological polar surface area (TPSA) is 414 Å². The lowest BCUT2D eigenvalue weighted by Crippen LogP contribution is -2.61. The Morgan fingerprint density at radius 1 is 0.685 bits per heavy atom. The van der Waals surface area contributed by atoms with Crippen LogP contribution in [-0.4, -0.2) is 168 Å². The van der Waals surface area contributed by atoms with E-state index in [2.05, 4.69) is 36.6 Å². The van der Waals surface area contributed by atoms with Crippen LogP contribution in [0.3, 0.4) is 0 Å². The molecule has 25 nitrogen and oxygen atoms in total. The molecule has 0 aromatic carbocycles. The van der Waals surface area contributed by atoms with Crippen LogP contribution in [0.5, 0.6) is 0 Å². The lowest BCUT2D eigenvalue weighted by Gasteiger charge is -2.26. The molecule has 0 radical (unpaired) electrons. The molecule has 54 heavy (non-hydrogen) atoms. The van der Waals surface area contributed by atoms with Crippen molar-refractivity contribution in [1.29, 1.82) is 0 Å². The second-order valence-corrected chi connectivity index (χ2v) is 11.8. The van der Waals surface area contributed by atoms with Crippen molar-refractivity contribution < 1.29 is 73.8 Å². The molecule has 9 atom stereocenters. The lowest BCUT2D eigenvalue weighted by atomic mass is 10.1. The van der Waals surface area contributed by atoms with Crippen molar-refractivity contribution in [3.05, 3.63) is 18.2 Å². The first kappa shape index (κ1) is 46.3. The first-order valence-corrected chi connectivity index (χ1v) is 16.1. The summed E-state index contributed by atoms with van der Waals surface area (Å²) in [7, 11) is 0. The van der Waals surface area contributed by atoms with Gasteiger partial charge in [0.25, 0.3) is 0 Å². The molecule has 0 saturated carbocycles. The van der Waals surface area contributed by atoms with E-state index in [0.717, 1.165) is 13.8 Å². The summed E-state index contributed by atoms with van der Waals surface area (Å²) < 4.78 is 0. The Bertz CT molecular complexity index is 1490. The average Bonchev–Trinajstić information content (AvgIpc) is 3.61. The average molecular weight is 775 g/mol. The summed E-state index contributed by atoms with van der Waals surface area (Å²) in [6.45, 7) is 0.596. The zero-order chi connectivity index (χ0) is 41.3. The van der Waals surface area contributed by atoms with Crippen molar-refractivity contribution >= 4 is 53.3 Å². The molecule has 0 unspecified atom stereocenters. The minimum Gasteiger partial charge on any atom is -0.481 e. The molecule has 0 spiro atoms. The van der Waals surface area contributed by atoms with E-state index in [1.807, 2.05) is 10.6 Å². The molecule has 0 aliphatic rings. The maximum Gasteiger partial charge on any atom is 0.328 e. The van der Waals surface area contributed by atoms with E-state index >= 15 is 0 Å². The third kappa shape index (κ3) is 15.5. The van der Waals surface area contributed by atoms with E-state index in [9.17, 15) is 73.8 Å². The summed E-state index contributed by atoms with van der Waals surface area (Å²) in [5.41, 5.74) is 5.67. The van der Waals surface area contributed by atoms with Crippen LogP contribution in [-0.2, 0) is 49.6 Å². The van der Waals surface area contributed by atoms with Gasteiger partial charge in [-0.1, -0.05) is 0 Å². The number of aliphatic hydroxyl groups excluding tert-OH is 4. The first-order valence-electron chi connectivity index (χ1n) is 16.1. The Balaban J connectivity index is 3.07. The highest BCUT2D eigenvalue weighted by Crippen LogP contribution is 2.04. The van der Waals surface area contributed by atoms with Crippen LogP contribution in [0.1, 0.15) is 32.9 Å². The molecule has 1 aromatic heterocycles. The van der Waals surface area contributed by atoms with E-state index in [0.29, 0.717) is 0 Å².